The molecule has 0 atom stereocenters. The third kappa shape index (κ3) is 4.84. The van der Waals surface area contributed by atoms with Crippen LogP contribution < -0.4 is 5.32 Å². The van der Waals surface area contributed by atoms with E-state index >= 15 is 0 Å². The van der Waals surface area contributed by atoms with E-state index in [9.17, 15) is 0 Å². The van der Waals surface area contributed by atoms with Crippen LogP contribution in [0.2, 0.25) is 0 Å². The van der Waals surface area contributed by atoms with Crippen LogP contribution in [0.25, 0.3) is 11.3 Å². The number of benzene rings is 1. The van der Waals surface area contributed by atoms with Gasteiger partial charge in [-0.25, -0.2) is 9.97 Å². The average Bonchev–Trinajstić information content (AvgIpc) is 3.25. The zero-order valence-corrected chi connectivity index (χ0v) is 17.5. The van der Waals surface area contributed by atoms with Crippen molar-refractivity contribution < 1.29 is 0 Å². The lowest BCUT2D eigenvalue weighted by atomic mass is 10.2. The summed E-state index contributed by atoms with van der Waals surface area (Å²) in [4.78, 5) is 18.5. The molecular weight excluding hydrogens is 441 g/mol. The largest absolute Gasteiger partial charge is 0.349 e. The SMILES string of the molecule is CN=C(NCc1nccn1C)N(C)Cc1ncc(-c2ccccc2)[nH]1.I. The first-order chi connectivity index (χ1) is 12.2. The number of nitrogens with one attached hydrogen (secondary N) is 2. The summed E-state index contributed by atoms with van der Waals surface area (Å²) >= 11 is 0. The summed E-state index contributed by atoms with van der Waals surface area (Å²) in [6, 6.07) is 10.2. The minimum Gasteiger partial charge on any atom is -0.349 e. The van der Waals surface area contributed by atoms with Crippen LogP contribution in [0.4, 0.5) is 0 Å². The molecular formula is C18H24IN7. The van der Waals surface area contributed by atoms with E-state index in [1.165, 1.54) is 0 Å². The summed E-state index contributed by atoms with van der Waals surface area (Å²) in [6.45, 7) is 1.25. The second-order valence-corrected chi connectivity index (χ2v) is 5.82. The lowest BCUT2D eigenvalue weighted by molar-refractivity contribution is 0.462. The number of H-pyrrole nitrogens is 1. The molecule has 3 aromatic rings. The van der Waals surface area contributed by atoms with Crippen molar-refractivity contribution in [2.75, 3.05) is 14.1 Å². The van der Waals surface area contributed by atoms with Gasteiger partial charge in [0.15, 0.2) is 5.96 Å². The Morgan fingerprint density at radius 1 is 1.27 bits per heavy atom. The number of imidazole rings is 2. The lowest BCUT2D eigenvalue weighted by Gasteiger charge is -2.21. The number of guanidine groups is 1. The molecule has 2 aromatic heterocycles. The summed E-state index contributed by atoms with van der Waals surface area (Å²) < 4.78 is 1.99. The van der Waals surface area contributed by atoms with E-state index in [2.05, 4.69) is 37.4 Å². The second kappa shape index (κ2) is 9.37. The van der Waals surface area contributed by atoms with Gasteiger partial charge in [0.1, 0.15) is 11.6 Å². The molecule has 2 N–H and O–H groups in total. The molecule has 1 aromatic carbocycles. The van der Waals surface area contributed by atoms with Gasteiger partial charge in [-0.2, -0.15) is 0 Å². The molecule has 138 valence electrons. The summed E-state index contributed by atoms with van der Waals surface area (Å²) in [5.41, 5.74) is 2.14. The Balaban J connectivity index is 0.00000243. The van der Waals surface area contributed by atoms with Crippen molar-refractivity contribution in [2.45, 2.75) is 13.1 Å². The van der Waals surface area contributed by atoms with Crippen LogP contribution in [0.3, 0.4) is 0 Å². The number of nitrogens with zero attached hydrogens (tertiary/aromatic N) is 5. The predicted octanol–water partition coefficient (Wildman–Crippen LogP) is 2.64. The lowest BCUT2D eigenvalue weighted by Crippen LogP contribution is -2.38. The van der Waals surface area contributed by atoms with E-state index in [4.69, 9.17) is 0 Å². The maximum Gasteiger partial charge on any atom is 0.194 e. The van der Waals surface area contributed by atoms with Crippen molar-refractivity contribution in [2.24, 2.45) is 12.0 Å². The third-order valence-corrected chi connectivity index (χ3v) is 4.00. The Bertz CT molecular complexity index is 838. The Morgan fingerprint density at radius 3 is 2.69 bits per heavy atom. The number of aryl methyl sites for hydroxylation is 1. The number of hydrogen-bond donors (Lipinski definition) is 2. The highest BCUT2D eigenvalue weighted by Gasteiger charge is 2.10. The van der Waals surface area contributed by atoms with Gasteiger partial charge >= 0.3 is 0 Å². The molecule has 0 unspecified atom stereocenters. The fourth-order valence-electron chi connectivity index (χ4n) is 2.62. The summed E-state index contributed by atoms with van der Waals surface area (Å²) in [5, 5.41) is 3.32. The van der Waals surface area contributed by atoms with Crippen molar-refractivity contribution in [3.63, 3.8) is 0 Å². The highest BCUT2D eigenvalue weighted by atomic mass is 127. The van der Waals surface area contributed by atoms with Crippen LogP contribution in [-0.4, -0.2) is 44.5 Å². The number of aromatic amines is 1. The number of aromatic nitrogens is 4. The highest BCUT2D eigenvalue weighted by Crippen LogP contribution is 2.16. The predicted molar refractivity (Wildman–Crippen MR) is 114 cm³/mol. The van der Waals surface area contributed by atoms with Gasteiger partial charge in [-0.3, -0.25) is 4.99 Å². The monoisotopic (exact) mass is 465 g/mol. The van der Waals surface area contributed by atoms with E-state index in [0.717, 1.165) is 28.9 Å². The van der Waals surface area contributed by atoms with Crippen LogP contribution in [0.5, 0.6) is 0 Å². The standard InChI is InChI=1S/C18H23N7.HI/c1-19-18(22-12-17-20-9-10-24(17)2)25(3)13-16-21-11-15(23-16)14-7-5-4-6-8-14;/h4-11H,12-13H2,1-3H3,(H,19,22)(H,21,23);1H. The molecule has 0 fully saturated rings. The smallest absolute Gasteiger partial charge is 0.194 e. The zero-order chi connectivity index (χ0) is 17.6. The molecule has 8 heteroatoms. The molecule has 2 heterocycles. The summed E-state index contributed by atoms with van der Waals surface area (Å²) in [5.74, 6) is 2.64. The quantitative estimate of drug-likeness (QED) is 0.345. The molecule has 0 bridgehead atoms. The van der Waals surface area contributed by atoms with Crippen molar-refractivity contribution >= 4 is 29.9 Å². The van der Waals surface area contributed by atoms with Crippen LogP contribution in [0, 0.1) is 0 Å². The normalized spacial score (nSPS) is 11.1. The molecule has 0 saturated heterocycles. The van der Waals surface area contributed by atoms with Crippen molar-refractivity contribution in [3.8, 4) is 11.3 Å². The molecule has 3 rings (SSSR count). The van der Waals surface area contributed by atoms with Gasteiger partial charge in [0, 0.05) is 33.5 Å². The van der Waals surface area contributed by atoms with Crippen LogP contribution in [0.15, 0.2) is 53.9 Å². The van der Waals surface area contributed by atoms with Crippen LogP contribution >= 0.6 is 24.0 Å². The van der Waals surface area contributed by atoms with E-state index < -0.39 is 0 Å². The molecule has 26 heavy (non-hydrogen) atoms. The van der Waals surface area contributed by atoms with Gasteiger partial charge < -0.3 is 19.8 Å². The number of rotatable bonds is 5. The molecule has 0 amide bonds. The first kappa shape index (κ1) is 20.0. The van der Waals surface area contributed by atoms with Gasteiger partial charge in [0.05, 0.1) is 25.0 Å². The molecule has 0 saturated carbocycles. The Kier molecular flexibility index (Phi) is 7.19. The fourth-order valence-corrected chi connectivity index (χ4v) is 2.62. The van der Waals surface area contributed by atoms with Gasteiger partial charge in [-0.1, -0.05) is 30.3 Å². The number of hydrogen-bond acceptors (Lipinski definition) is 3. The Morgan fingerprint density at radius 2 is 2.04 bits per heavy atom. The van der Waals surface area contributed by atoms with Gasteiger partial charge in [0.2, 0.25) is 0 Å². The van der Waals surface area contributed by atoms with E-state index in [1.54, 1.807) is 13.2 Å². The van der Waals surface area contributed by atoms with Gasteiger partial charge in [0.25, 0.3) is 0 Å². The van der Waals surface area contributed by atoms with Crippen LogP contribution in [0.1, 0.15) is 11.6 Å². The first-order valence-corrected chi connectivity index (χ1v) is 8.14. The molecule has 0 spiro atoms. The van der Waals surface area contributed by atoms with Crippen molar-refractivity contribution in [1.82, 2.24) is 29.7 Å². The second-order valence-electron chi connectivity index (χ2n) is 5.82. The minimum atomic E-state index is 0. The molecule has 0 aliphatic carbocycles. The van der Waals surface area contributed by atoms with E-state index in [0.29, 0.717) is 13.1 Å². The van der Waals surface area contributed by atoms with Crippen molar-refractivity contribution in [3.05, 3.63) is 60.6 Å². The third-order valence-electron chi connectivity index (χ3n) is 4.00. The highest BCUT2D eigenvalue weighted by molar-refractivity contribution is 14.0. The summed E-state index contributed by atoms with van der Waals surface area (Å²) in [7, 11) is 5.73. The summed E-state index contributed by atoms with van der Waals surface area (Å²) in [6.07, 6.45) is 5.58. The van der Waals surface area contributed by atoms with Gasteiger partial charge in [-0.15, -0.1) is 24.0 Å². The molecule has 0 radical (unpaired) electrons. The topological polar surface area (TPSA) is 74.1 Å². The maximum atomic E-state index is 4.48. The van der Waals surface area contributed by atoms with E-state index in [-0.39, 0.29) is 24.0 Å². The molecule has 7 nitrogen and oxygen atoms in total. The van der Waals surface area contributed by atoms with Crippen LogP contribution in [-0.2, 0) is 20.1 Å². The van der Waals surface area contributed by atoms with Crippen molar-refractivity contribution in [1.29, 1.82) is 0 Å². The Labute approximate surface area is 170 Å². The minimum absolute atomic E-state index is 0. The Hall–Kier alpha value is -2.36. The number of halogens is 1. The average molecular weight is 465 g/mol. The fraction of sp³-hybridized carbons (Fsp3) is 0.278. The van der Waals surface area contributed by atoms with E-state index in [1.807, 2.05) is 54.2 Å². The zero-order valence-electron chi connectivity index (χ0n) is 15.2. The first-order valence-electron chi connectivity index (χ1n) is 8.14. The number of aliphatic imine (C=N–C) groups is 1. The molecule has 0 aliphatic rings. The maximum absolute atomic E-state index is 4.48. The molecule has 0 aliphatic heterocycles. The van der Waals surface area contributed by atoms with Gasteiger partial charge in [-0.05, 0) is 5.56 Å².